The van der Waals surface area contributed by atoms with Crippen molar-refractivity contribution in [3.8, 4) is 0 Å². The van der Waals surface area contributed by atoms with Crippen LogP contribution in [-0.4, -0.2) is 54.5 Å². The van der Waals surface area contributed by atoms with Crippen LogP contribution in [0.1, 0.15) is 25.3 Å². The van der Waals surface area contributed by atoms with Gasteiger partial charge in [-0.05, 0) is 55.7 Å². The summed E-state index contributed by atoms with van der Waals surface area (Å²) in [5.41, 5.74) is -0.00600. The van der Waals surface area contributed by atoms with Gasteiger partial charge in [-0.1, -0.05) is 51.3 Å². The molecule has 5 rings (SSSR count). The van der Waals surface area contributed by atoms with E-state index >= 15 is 0 Å². The Kier molecular flexibility index (Phi) is 7.19. The van der Waals surface area contributed by atoms with Gasteiger partial charge in [-0.3, -0.25) is 9.36 Å². The third-order valence-electron chi connectivity index (χ3n) is 6.91. The van der Waals surface area contributed by atoms with Crippen molar-refractivity contribution in [1.29, 1.82) is 0 Å². The van der Waals surface area contributed by atoms with E-state index in [0.717, 1.165) is 16.5 Å². The summed E-state index contributed by atoms with van der Waals surface area (Å²) in [6.07, 6.45) is 2.85. The first-order valence-corrected chi connectivity index (χ1v) is 14.7. The second kappa shape index (κ2) is 9.98. The highest BCUT2D eigenvalue weighted by Crippen LogP contribution is 2.45. The molecule has 3 heterocycles. The van der Waals surface area contributed by atoms with Crippen LogP contribution in [0.15, 0.2) is 58.2 Å². The van der Waals surface area contributed by atoms with Gasteiger partial charge in [-0.25, -0.2) is 18.3 Å². The Bertz CT molecular complexity index is 1440. The number of carbonyl (C=O) groups excluding carboxylic acids is 1. The molecule has 1 saturated heterocycles. The summed E-state index contributed by atoms with van der Waals surface area (Å²) >= 11 is 16.0. The lowest BCUT2D eigenvalue weighted by Crippen LogP contribution is -2.46. The van der Waals surface area contributed by atoms with Crippen LogP contribution in [0, 0.1) is 0 Å². The summed E-state index contributed by atoms with van der Waals surface area (Å²) in [5, 5.41) is 0.659. The van der Waals surface area contributed by atoms with E-state index in [2.05, 4.69) is 20.9 Å². The van der Waals surface area contributed by atoms with Gasteiger partial charge in [0.05, 0.1) is 18.0 Å². The minimum atomic E-state index is -3.99. The van der Waals surface area contributed by atoms with Crippen molar-refractivity contribution in [2.75, 3.05) is 25.1 Å². The number of carbonyl (C=O) groups is 1. The highest BCUT2D eigenvalue weighted by Gasteiger charge is 2.52. The first kappa shape index (κ1) is 26.6. The average Bonchev–Trinajstić information content (AvgIpc) is 3.38. The third kappa shape index (κ3) is 4.72. The fraction of sp³-hybridized carbons (Fsp3) is 0.360. The van der Waals surface area contributed by atoms with Gasteiger partial charge in [0.15, 0.2) is 5.03 Å². The monoisotopic (exact) mass is 626 g/mol. The summed E-state index contributed by atoms with van der Waals surface area (Å²) in [5.74, 6) is -0.136. The first-order valence-electron chi connectivity index (χ1n) is 11.7. The second-order valence-corrected chi connectivity index (χ2v) is 13.1. The van der Waals surface area contributed by atoms with Crippen molar-refractivity contribution in [1.82, 2.24) is 13.9 Å². The summed E-state index contributed by atoms with van der Waals surface area (Å²) < 4.78 is 37.2. The third-order valence-corrected chi connectivity index (χ3v) is 9.71. The van der Waals surface area contributed by atoms with E-state index < -0.39 is 15.6 Å². The van der Waals surface area contributed by atoms with Crippen LogP contribution in [0.4, 0.5) is 11.6 Å². The predicted molar refractivity (Wildman–Crippen MR) is 146 cm³/mol. The molecule has 2 aliphatic heterocycles. The van der Waals surface area contributed by atoms with Gasteiger partial charge in [-0.2, -0.15) is 4.31 Å². The molecule has 1 fully saturated rings. The molecule has 1 amide bonds. The molecule has 12 heteroatoms. The summed E-state index contributed by atoms with van der Waals surface area (Å²) in [6.45, 7) is 2.35. The van der Waals surface area contributed by atoms with Crippen LogP contribution < -0.4 is 4.90 Å². The molecular formula is C25H25BrCl2N4O4S. The van der Waals surface area contributed by atoms with Gasteiger partial charge in [-0.15, -0.1) is 0 Å². The van der Waals surface area contributed by atoms with Gasteiger partial charge in [0, 0.05) is 41.1 Å². The molecule has 37 heavy (non-hydrogen) atoms. The Hall–Kier alpha value is -1.95. The number of imidazole rings is 1. The molecule has 2 aliphatic rings. The number of hydrogen-bond donors (Lipinski definition) is 0. The number of benzene rings is 2. The van der Waals surface area contributed by atoms with Crippen LogP contribution in [-0.2, 0) is 31.5 Å². The van der Waals surface area contributed by atoms with Crippen molar-refractivity contribution >= 4 is 66.7 Å². The standard InChI is InChI=1S/C25H25BrCl2N4O4S/c1-25(13-16-5-7-17(26)8-6-16)23(33)31(20-11-18(27)10-19(28)12-20)24-29-14-22(32(24)25)37(34,35)30-9-3-4-21(15-30)36-2/h5-8,10-12,14,21H,3-4,9,13,15H2,1-2H3/t21?,25-/m1/s1. The van der Waals surface area contributed by atoms with E-state index in [0.29, 0.717) is 28.7 Å². The van der Waals surface area contributed by atoms with Crippen molar-refractivity contribution in [3.05, 3.63) is 68.7 Å². The minimum absolute atomic E-state index is 0.0390. The van der Waals surface area contributed by atoms with Crippen LogP contribution in [0.3, 0.4) is 0 Å². The molecule has 0 radical (unpaired) electrons. The van der Waals surface area contributed by atoms with Crippen LogP contribution in [0.5, 0.6) is 0 Å². The lowest BCUT2D eigenvalue weighted by Gasteiger charge is -2.32. The van der Waals surface area contributed by atoms with Crippen LogP contribution in [0.25, 0.3) is 0 Å². The van der Waals surface area contributed by atoms with Crippen molar-refractivity contribution in [3.63, 3.8) is 0 Å². The number of piperidine rings is 1. The quantitative estimate of drug-likeness (QED) is 0.366. The normalized spacial score (nSPS) is 22.5. The maximum absolute atomic E-state index is 14.1. The predicted octanol–water partition coefficient (Wildman–Crippen LogP) is 5.39. The maximum atomic E-state index is 14.1. The SMILES string of the molecule is COC1CCCN(S(=O)(=O)c2cnc3n2[C@](C)(Cc2ccc(Br)cc2)C(=O)N3c2cc(Cl)cc(Cl)c2)C1. The number of halogens is 3. The highest BCUT2D eigenvalue weighted by molar-refractivity contribution is 9.10. The Morgan fingerprint density at radius 2 is 1.84 bits per heavy atom. The van der Waals surface area contributed by atoms with Crippen LogP contribution >= 0.6 is 39.1 Å². The Morgan fingerprint density at radius 3 is 2.49 bits per heavy atom. The Balaban J connectivity index is 1.66. The first-order chi connectivity index (χ1) is 17.5. The van der Waals surface area contributed by atoms with E-state index in [1.807, 2.05) is 24.3 Å². The van der Waals surface area contributed by atoms with E-state index in [9.17, 15) is 13.2 Å². The minimum Gasteiger partial charge on any atom is -0.380 e. The molecule has 1 unspecified atom stereocenters. The van der Waals surface area contributed by atoms with Crippen molar-refractivity contribution < 1.29 is 17.9 Å². The molecular weight excluding hydrogens is 603 g/mol. The van der Waals surface area contributed by atoms with E-state index in [1.54, 1.807) is 32.2 Å². The van der Waals surface area contributed by atoms with Crippen molar-refractivity contribution in [2.24, 2.45) is 0 Å². The number of anilines is 2. The fourth-order valence-corrected chi connectivity index (χ4v) is 7.54. The van der Waals surface area contributed by atoms with Gasteiger partial charge in [0.2, 0.25) is 5.95 Å². The van der Waals surface area contributed by atoms with Gasteiger partial charge >= 0.3 is 0 Å². The molecule has 0 aliphatic carbocycles. The summed E-state index contributed by atoms with van der Waals surface area (Å²) in [6, 6.07) is 12.4. The fourth-order valence-electron chi connectivity index (χ4n) is 5.06. The molecule has 3 aromatic rings. The van der Waals surface area contributed by atoms with Gasteiger partial charge < -0.3 is 4.74 Å². The summed E-state index contributed by atoms with van der Waals surface area (Å²) in [7, 11) is -2.40. The molecule has 2 aromatic carbocycles. The van der Waals surface area contributed by atoms with Gasteiger partial charge in [0.25, 0.3) is 15.9 Å². The van der Waals surface area contributed by atoms with Crippen molar-refractivity contribution in [2.45, 2.75) is 42.9 Å². The maximum Gasteiger partial charge on any atom is 0.260 e. The van der Waals surface area contributed by atoms with Gasteiger partial charge in [0.1, 0.15) is 5.54 Å². The topological polar surface area (TPSA) is 84.7 Å². The number of fused-ring (bicyclic) bond motifs is 1. The zero-order valence-corrected chi connectivity index (χ0v) is 24.1. The zero-order valence-electron chi connectivity index (χ0n) is 20.2. The molecule has 0 N–H and O–H groups in total. The second-order valence-electron chi connectivity index (χ2n) is 9.44. The number of nitrogens with zero attached hydrogens (tertiary/aromatic N) is 4. The zero-order chi connectivity index (χ0) is 26.5. The number of methoxy groups -OCH3 is 1. The molecule has 0 spiro atoms. The Labute approximate surface area is 234 Å². The molecule has 0 bridgehead atoms. The molecule has 1 aromatic heterocycles. The smallest absolute Gasteiger partial charge is 0.260 e. The molecule has 8 nitrogen and oxygen atoms in total. The molecule has 2 atom stereocenters. The number of sulfonamides is 1. The lowest BCUT2D eigenvalue weighted by atomic mass is 9.92. The highest BCUT2D eigenvalue weighted by atomic mass is 79.9. The lowest BCUT2D eigenvalue weighted by molar-refractivity contribution is -0.124. The molecule has 196 valence electrons. The Morgan fingerprint density at radius 1 is 1.16 bits per heavy atom. The van der Waals surface area contributed by atoms with E-state index in [1.165, 1.54) is 20.0 Å². The number of ether oxygens (including phenoxy) is 1. The van der Waals surface area contributed by atoms with E-state index in [-0.39, 0.29) is 36.0 Å². The number of aromatic nitrogens is 2. The summed E-state index contributed by atoms with van der Waals surface area (Å²) in [4.78, 5) is 20.0. The average molecular weight is 628 g/mol. The number of amides is 1. The van der Waals surface area contributed by atoms with E-state index in [4.69, 9.17) is 27.9 Å². The van der Waals surface area contributed by atoms with Crippen LogP contribution in [0.2, 0.25) is 10.0 Å². The largest absolute Gasteiger partial charge is 0.380 e. The molecule has 0 saturated carbocycles. The number of hydrogen-bond acceptors (Lipinski definition) is 5. The number of rotatable bonds is 6.